The monoisotopic (exact) mass is 264 g/mol. The zero-order valence-corrected chi connectivity index (χ0v) is 13.3. The van der Waals surface area contributed by atoms with E-state index in [1.54, 1.807) is 0 Å². The minimum absolute atomic E-state index is 0.0748. The van der Waals surface area contributed by atoms with Crippen LogP contribution in [0.4, 0.5) is 0 Å². The highest BCUT2D eigenvalue weighted by Crippen LogP contribution is 2.39. The van der Waals surface area contributed by atoms with Crippen molar-refractivity contribution in [2.24, 2.45) is 0 Å². The van der Waals surface area contributed by atoms with Gasteiger partial charge in [-0.1, -0.05) is 26.0 Å². The average molecular weight is 264 g/mol. The molecule has 0 aliphatic heterocycles. The number of hydrogen-bond acceptors (Lipinski definition) is 2. The third-order valence-corrected chi connectivity index (χ3v) is 7.56. The Hall–Kier alpha value is -0.933. The maximum Gasteiger partial charge on any atom is 0.188 e. The standard InChI is InChI=1S/C15H24O2Si/c1-11-7-13(8-12(2)14(11)10-16)9-15(3,4)18(5,6)17/h7-8,10,17H,9H2,1-6H3. The summed E-state index contributed by atoms with van der Waals surface area (Å²) < 4.78 is 0. The van der Waals surface area contributed by atoms with Crippen LogP contribution in [0.1, 0.15) is 40.9 Å². The van der Waals surface area contributed by atoms with Crippen molar-refractivity contribution < 1.29 is 9.59 Å². The maximum atomic E-state index is 11.0. The molecule has 18 heavy (non-hydrogen) atoms. The van der Waals surface area contributed by atoms with Gasteiger partial charge in [0.2, 0.25) is 0 Å². The predicted molar refractivity (Wildman–Crippen MR) is 78.7 cm³/mol. The highest BCUT2D eigenvalue weighted by molar-refractivity contribution is 6.72. The Labute approximate surface area is 111 Å². The van der Waals surface area contributed by atoms with Crippen molar-refractivity contribution in [1.82, 2.24) is 0 Å². The summed E-state index contributed by atoms with van der Waals surface area (Å²) in [7, 11) is -2.19. The summed E-state index contributed by atoms with van der Waals surface area (Å²) in [6.45, 7) is 12.1. The van der Waals surface area contributed by atoms with Crippen LogP contribution in [-0.2, 0) is 6.42 Å². The van der Waals surface area contributed by atoms with Crippen LogP contribution in [-0.4, -0.2) is 19.4 Å². The fourth-order valence-corrected chi connectivity index (χ4v) is 2.72. The molecule has 2 nitrogen and oxygen atoms in total. The van der Waals surface area contributed by atoms with Gasteiger partial charge in [0.05, 0.1) is 0 Å². The van der Waals surface area contributed by atoms with E-state index < -0.39 is 8.32 Å². The van der Waals surface area contributed by atoms with E-state index in [1.165, 1.54) is 5.56 Å². The number of carbonyl (C=O) groups excluding carboxylic acids is 1. The summed E-state index contributed by atoms with van der Waals surface area (Å²) in [6.07, 6.45) is 1.77. The lowest BCUT2D eigenvalue weighted by Gasteiger charge is -2.35. The molecule has 1 aromatic rings. The van der Waals surface area contributed by atoms with Gasteiger partial charge in [-0.2, -0.15) is 0 Å². The molecule has 0 unspecified atom stereocenters. The van der Waals surface area contributed by atoms with Gasteiger partial charge >= 0.3 is 0 Å². The van der Waals surface area contributed by atoms with E-state index in [2.05, 4.69) is 26.0 Å². The molecule has 0 heterocycles. The predicted octanol–water partition coefficient (Wildman–Crippen LogP) is 3.64. The van der Waals surface area contributed by atoms with Crippen LogP contribution < -0.4 is 0 Å². The normalized spacial score (nSPS) is 12.6. The summed E-state index contributed by atoms with van der Waals surface area (Å²) >= 11 is 0. The van der Waals surface area contributed by atoms with Crippen molar-refractivity contribution >= 4 is 14.6 Å². The minimum atomic E-state index is -2.19. The first kappa shape index (κ1) is 15.1. The molecule has 0 aliphatic carbocycles. The highest BCUT2D eigenvalue weighted by Gasteiger charge is 2.37. The fraction of sp³-hybridized carbons (Fsp3) is 0.533. The average Bonchev–Trinajstić information content (AvgIpc) is 2.14. The van der Waals surface area contributed by atoms with Crippen molar-refractivity contribution in [3.8, 4) is 0 Å². The first-order valence-electron chi connectivity index (χ1n) is 6.36. The van der Waals surface area contributed by atoms with E-state index in [0.717, 1.165) is 29.4 Å². The second kappa shape index (κ2) is 4.98. The van der Waals surface area contributed by atoms with Crippen LogP contribution in [0.3, 0.4) is 0 Å². The van der Waals surface area contributed by atoms with Crippen LogP contribution in [0.2, 0.25) is 18.1 Å². The molecular weight excluding hydrogens is 240 g/mol. The van der Waals surface area contributed by atoms with E-state index in [-0.39, 0.29) is 5.04 Å². The van der Waals surface area contributed by atoms with Crippen molar-refractivity contribution in [2.75, 3.05) is 0 Å². The number of benzene rings is 1. The SMILES string of the molecule is Cc1cc(CC(C)(C)[Si](C)(C)O)cc(C)c1C=O. The molecule has 0 aliphatic rings. The lowest BCUT2D eigenvalue weighted by molar-refractivity contribution is 0.112. The topological polar surface area (TPSA) is 37.3 Å². The Morgan fingerprint density at radius 1 is 1.22 bits per heavy atom. The highest BCUT2D eigenvalue weighted by atomic mass is 28.4. The Kier molecular flexibility index (Phi) is 4.18. The summed E-state index contributed by atoms with van der Waals surface area (Å²) in [6, 6.07) is 4.14. The fourth-order valence-electron chi connectivity index (χ4n) is 2.08. The molecule has 1 rings (SSSR count). The molecule has 0 saturated heterocycles. The first-order valence-corrected chi connectivity index (χ1v) is 9.31. The van der Waals surface area contributed by atoms with Gasteiger partial charge in [0.25, 0.3) is 0 Å². The van der Waals surface area contributed by atoms with Crippen LogP contribution in [0.5, 0.6) is 0 Å². The van der Waals surface area contributed by atoms with Crippen LogP contribution in [0, 0.1) is 13.8 Å². The third-order valence-electron chi connectivity index (χ3n) is 4.07. The minimum Gasteiger partial charge on any atom is -0.432 e. The molecule has 1 aromatic carbocycles. The number of carbonyl (C=O) groups is 1. The smallest absolute Gasteiger partial charge is 0.188 e. The quantitative estimate of drug-likeness (QED) is 0.666. The van der Waals surface area contributed by atoms with E-state index >= 15 is 0 Å². The largest absolute Gasteiger partial charge is 0.432 e. The summed E-state index contributed by atoms with van der Waals surface area (Å²) in [5.74, 6) is 0. The Morgan fingerprint density at radius 2 is 1.67 bits per heavy atom. The number of aldehydes is 1. The van der Waals surface area contributed by atoms with Gasteiger partial charge in [-0.15, -0.1) is 0 Å². The third kappa shape index (κ3) is 3.09. The summed E-state index contributed by atoms with van der Waals surface area (Å²) in [5.41, 5.74) is 4.04. The molecular formula is C15H24O2Si. The number of hydrogen-bond donors (Lipinski definition) is 1. The van der Waals surface area contributed by atoms with Crippen molar-refractivity contribution in [1.29, 1.82) is 0 Å². The maximum absolute atomic E-state index is 11.0. The molecule has 3 heteroatoms. The zero-order valence-electron chi connectivity index (χ0n) is 12.3. The Balaban J connectivity index is 3.11. The van der Waals surface area contributed by atoms with E-state index in [0.29, 0.717) is 0 Å². The van der Waals surface area contributed by atoms with Gasteiger partial charge in [0.1, 0.15) is 0 Å². The number of aryl methyl sites for hydroxylation is 2. The molecule has 100 valence electrons. The van der Waals surface area contributed by atoms with Crippen LogP contribution in [0.15, 0.2) is 12.1 Å². The van der Waals surface area contributed by atoms with E-state index in [1.807, 2.05) is 26.9 Å². The Morgan fingerprint density at radius 3 is 2.00 bits per heavy atom. The van der Waals surface area contributed by atoms with Gasteiger partial charge in [-0.25, -0.2) is 0 Å². The molecule has 0 bridgehead atoms. The molecule has 0 radical (unpaired) electrons. The molecule has 0 saturated carbocycles. The molecule has 0 spiro atoms. The first-order chi connectivity index (χ1) is 8.08. The summed E-state index contributed by atoms with van der Waals surface area (Å²) in [5, 5.41) is -0.0748. The summed E-state index contributed by atoms with van der Waals surface area (Å²) in [4.78, 5) is 21.3. The second-order valence-electron chi connectivity index (χ2n) is 6.38. The molecule has 0 amide bonds. The van der Waals surface area contributed by atoms with Crippen LogP contribution in [0.25, 0.3) is 0 Å². The van der Waals surface area contributed by atoms with Crippen molar-refractivity contribution in [3.05, 3.63) is 34.4 Å². The lowest BCUT2D eigenvalue weighted by atomic mass is 9.95. The number of rotatable bonds is 4. The van der Waals surface area contributed by atoms with Gasteiger partial charge in [-0.05, 0) is 55.1 Å². The van der Waals surface area contributed by atoms with Crippen molar-refractivity contribution in [2.45, 2.75) is 52.2 Å². The molecule has 0 atom stereocenters. The zero-order chi connectivity index (χ0) is 14.1. The van der Waals surface area contributed by atoms with E-state index in [4.69, 9.17) is 0 Å². The second-order valence-corrected chi connectivity index (χ2v) is 10.9. The van der Waals surface area contributed by atoms with Crippen molar-refractivity contribution in [3.63, 3.8) is 0 Å². The van der Waals surface area contributed by atoms with Gasteiger partial charge in [0, 0.05) is 5.56 Å². The van der Waals surface area contributed by atoms with Gasteiger partial charge in [0.15, 0.2) is 14.6 Å². The molecule has 0 fully saturated rings. The molecule has 1 N–H and O–H groups in total. The lowest BCUT2D eigenvalue weighted by Crippen LogP contribution is -2.40. The van der Waals surface area contributed by atoms with Crippen LogP contribution >= 0.6 is 0 Å². The van der Waals surface area contributed by atoms with E-state index in [9.17, 15) is 9.59 Å². The Bertz CT molecular complexity index is 433. The molecule has 0 aromatic heterocycles. The van der Waals surface area contributed by atoms with Gasteiger partial charge < -0.3 is 4.80 Å². The van der Waals surface area contributed by atoms with Gasteiger partial charge in [-0.3, -0.25) is 4.79 Å².